The Bertz CT molecular complexity index is 1250. The lowest BCUT2D eigenvalue weighted by Gasteiger charge is -2.10. The summed E-state index contributed by atoms with van der Waals surface area (Å²) in [6.45, 7) is 2.15. The molecule has 0 fully saturated rings. The number of hydrogen-bond acceptors (Lipinski definition) is 5. The molecule has 0 saturated heterocycles. The number of halogens is 2. The first-order chi connectivity index (χ1) is 14.9. The number of nitrogens with one attached hydrogen (secondary N) is 2. The Morgan fingerprint density at radius 3 is 2.74 bits per heavy atom. The summed E-state index contributed by atoms with van der Waals surface area (Å²) in [4.78, 5) is 25.5. The molecule has 3 aromatic heterocycles. The zero-order valence-corrected chi connectivity index (χ0v) is 18.5. The lowest BCUT2D eigenvalue weighted by Crippen LogP contribution is -2.16. The van der Waals surface area contributed by atoms with Crippen molar-refractivity contribution >= 4 is 57.2 Å². The molecule has 4 aromatic rings. The monoisotopic (exact) mass is 474 g/mol. The summed E-state index contributed by atoms with van der Waals surface area (Å²) in [5.41, 5.74) is 1.52. The van der Waals surface area contributed by atoms with Crippen LogP contribution >= 0.6 is 34.5 Å². The first-order valence-electron chi connectivity index (χ1n) is 9.13. The van der Waals surface area contributed by atoms with E-state index in [1.807, 2.05) is 6.07 Å². The van der Waals surface area contributed by atoms with Crippen molar-refractivity contribution in [2.45, 2.75) is 13.5 Å². The summed E-state index contributed by atoms with van der Waals surface area (Å²) in [7, 11) is 0. The first kappa shape index (κ1) is 21.2. The number of amides is 2. The second-order valence-electron chi connectivity index (χ2n) is 6.60. The maximum Gasteiger partial charge on any atom is 0.291 e. The molecule has 0 spiro atoms. The number of hydrogen-bond donors (Lipinski definition) is 2. The molecule has 2 amide bonds. The average Bonchev–Trinajstić information content (AvgIpc) is 3.48. The zero-order valence-electron chi connectivity index (χ0n) is 16.2. The van der Waals surface area contributed by atoms with Crippen LogP contribution in [0.5, 0.6) is 0 Å². The van der Waals surface area contributed by atoms with E-state index in [-0.39, 0.29) is 17.6 Å². The SMILES string of the molecule is Cc1cc(NC(=O)c2ccco2)sc1C(=O)Nc1ccnn1Cc1cccc(Cl)c1Cl. The number of carbonyl (C=O) groups excluding carboxylic acids is 2. The molecule has 0 aliphatic heterocycles. The summed E-state index contributed by atoms with van der Waals surface area (Å²) < 4.78 is 6.71. The van der Waals surface area contributed by atoms with Gasteiger partial charge in [-0.15, -0.1) is 11.3 Å². The van der Waals surface area contributed by atoms with Crippen LogP contribution in [0.25, 0.3) is 0 Å². The number of rotatable bonds is 6. The number of aryl methyl sites for hydroxylation is 1. The quantitative estimate of drug-likeness (QED) is 0.374. The van der Waals surface area contributed by atoms with Gasteiger partial charge in [-0.3, -0.25) is 9.59 Å². The minimum Gasteiger partial charge on any atom is -0.459 e. The highest BCUT2D eigenvalue weighted by molar-refractivity contribution is 7.18. The molecule has 0 radical (unpaired) electrons. The number of thiophene rings is 1. The normalized spacial score (nSPS) is 10.8. The molecule has 7 nitrogen and oxygen atoms in total. The molecule has 0 atom stereocenters. The minimum absolute atomic E-state index is 0.195. The van der Waals surface area contributed by atoms with Crippen molar-refractivity contribution in [3.05, 3.63) is 86.7 Å². The molecule has 0 aliphatic rings. The van der Waals surface area contributed by atoms with Crippen LogP contribution in [0.2, 0.25) is 10.0 Å². The third-order valence-corrected chi connectivity index (χ3v) is 6.42. The van der Waals surface area contributed by atoms with E-state index < -0.39 is 0 Å². The minimum atomic E-state index is -0.380. The van der Waals surface area contributed by atoms with E-state index in [0.29, 0.717) is 32.3 Å². The van der Waals surface area contributed by atoms with Gasteiger partial charge in [0.05, 0.1) is 38.9 Å². The van der Waals surface area contributed by atoms with Gasteiger partial charge in [-0.25, -0.2) is 4.68 Å². The van der Waals surface area contributed by atoms with Crippen molar-refractivity contribution in [3.63, 3.8) is 0 Å². The summed E-state index contributed by atoms with van der Waals surface area (Å²) in [6, 6.07) is 12.0. The molecule has 10 heteroatoms. The molecule has 31 heavy (non-hydrogen) atoms. The number of nitrogens with zero attached hydrogens (tertiary/aromatic N) is 2. The van der Waals surface area contributed by atoms with Crippen molar-refractivity contribution in [1.82, 2.24) is 9.78 Å². The van der Waals surface area contributed by atoms with Crippen molar-refractivity contribution < 1.29 is 14.0 Å². The van der Waals surface area contributed by atoms with Crippen LogP contribution in [0.3, 0.4) is 0 Å². The van der Waals surface area contributed by atoms with Crippen LogP contribution in [-0.2, 0) is 6.54 Å². The number of furan rings is 1. The summed E-state index contributed by atoms with van der Waals surface area (Å²) >= 11 is 13.5. The van der Waals surface area contributed by atoms with E-state index in [4.69, 9.17) is 27.6 Å². The number of anilines is 2. The van der Waals surface area contributed by atoms with Crippen molar-refractivity contribution in [2.24, 2.45) is 0 Å². The highest BCUT2D eigenvalue weighted by Gasteiger charge is 2.18. The molecule has 0 aliphatic carbocycles. The second-order valence-corrected chi connectivity index (χ2v) is 8.43. The predicted molar refractivity (Wildman–Crippen MR) is 121 cm³/mol. The Labute approximate surface area is 191 Å². The third kappa shape index (κ3) is 4.66. The highest BCUT2D eigenvalue weighted by Crippen LogP contribution is 2.29. The lowest BCUT2D eigenvalue weighted by atomic mass is 10.2. The van der Waals surface area contributed by atoms with Crippen molar-refractivity contribution in [2.75, 3.05) is 10.6 Å². The van der Waals surface area contributed by atoms with Gasteiger partial charge < -0.3 is 15.1 Å². The number of benzene rings is 1. The summed E-state index contributed by atoms with van der Waals surface area (Å²) in [5, 5.41) is 11.3. The lowest BCUT2D eigenvalue weighted by molar-refractivity contribution is 0.0995. The Kier molecular flexibility index (Phi) is 6.13. The van der Waals surface area contributed by atoms with Crippen molar-refractivity contribution in [3.8, 4) is 0 Å². The Hall–Kier alpha value is -3.07. The zero-order chi connectivity index (χ0) is 22.0. The van der Waals surface area contributed by atoms with Gasteiger partial charge in [0.1, 0.15) is 5.82 Å². The van der Waals surface area contributed by atoms with Gasteiger partial charge in [-0.1, -0.05) is 35.3 Å². The van der Waals surface area contributed by atoms with Gasteiger partial charge in [0.15, 0.2) is 5.76 Å². The van der Waals surface area contributed by atoms with E-state index in [1.54, 1.807) is 54.2 Å². The summed E-state index contributed by atoms with van der Waals surface area (Å²) in [5.74, 6) is 0.0188. The topological polar surface area (TPSA) is 89.2 Å². The first-order valence-corrected chi connectivity index (χ1v) is 10.7. The fraction of sp³-hybridized carbons (Fsp3) is 0.0952. The van der Waals surface area contributed by atoms with Crippen LogP contribution < -0.4 is 10.6 Å². The van der Waals surface area contributed by atoms with E-state index >= 15 is 0 Å². The number of aromatic nitrogens is 2. The summed E-state index contributed by atoms with van der Waals surface area (Å²) in [6.07, 6.45) is 3.01. The van der Waals surface area contributed by atoms with Gasteiger partial charge in [0, 0.05) is 6.07 Å². The second kappa shape index (κ2) is 8.97. The molecular weight excluding hydrogens is 459 g/mol. The Balaban J connectivity index is 1.48. The molecule has 3 heterocycles. The molecular formula is C21H16Cl2N4O3S. The van der Waals surface area contributed by atoms with Gasteiger partial charge >= 0.3 is 0 Å². The van der Waals surface area contributed by atoms with E-state index in [0.717, 1.165) is 11.1 Å². The largest absolute Gasteiger partial charge is 0.459 e. The van der Waals surface area contributed by atoms with E-state index in [2.05, 4.69) is 15.7 Å². The predicted octanol–water partition coefficient (Wildman–Crippen LogP) is 5.71. The van der Waals surface area contributed by atoms with Crippen LogP contribution in [0, 0.1) is 6.92 Å². The van der Waals surface area contributed by atoms with E-state index in [9.17, 15) is 9.59 Å². The average molecular weight is 475 g/mol. The molecule has 158 valence electrons. The van der Waals surface area contributed by atoms with Gasteiger partial charge in [-0.05, 0) is 42.3 Å². The molecule has 2 N–H and O–H groups in total. The molecule has 0 saturated carbocycles. The van der Waals surface area contributed by atoms with Crippen molar-refractivity contribution in [1.29, 1.82) is 0 Å². The molecule has 0 bridgehead atoms. The van der Waals surface area contributed by atoms with Gasteiger partial charge in [-0.2, -0.15) is 5.10 Å². The van der Waals surface area contributed by atoms with Crippen LogP contribution in [0.1, 0.15) is 31.4 Å². The maximum absolute atomic E-state index is 12.9. The molecule has 1 aromatic carbocycles. The van der Waals surface area contributed by atoms with E-state index in [1.165, 1.54) is 17.6 Å². The van der Waals surface area contributed by atoms with Crippen LogP contribution in [0.4, 0.5) is 10.8 Å². The Morgan fingerprint density at radius 2 is 1.97 bits per heavy atom. The van der Waals surface area contributed by atoms with Crippen LogP contribution in [0.15, 0.2) is 59.3 Å². The van der Waals surface area contributed by atoms with Gasteiger partial charge in [0.25, 0.3) is 11.8 Å². The highest BCUT2D eigenvalue weighted by atomic mass is 35.5. The fourth-order valence-corrected chi connectivity index (χ4v) is 4.26. The van der Waals surface area contributed by atoms with Gasteiger partial charge in [0.2, 0.25) is 0 Å². The standard InChI is InChI=1S/C21H16Cl2N4O3S/c1-12-10-17(26-20(28)15-6-3-9-30-15)31-19(12)21(29)25-16-7-8-24-27(16)11-13-4-2-5-14(22)18(13)23/h2-10H,11H2,1H3,(H,25,29)(H,26,28). The smallest absolute Gasteiger partial charge is 0.291 e. The third-order valence-electron chi connectivity index (χ3n) is 4.42. The van der Waals surface area contributed by atoms with Crippen LogP contribution in [-0.4, -0.2) is 21.6 Å². The molecule has 0 unspecified atom stereocenters. The maximum atomic E-state index is 12.9. The Morgan fingerprint density at radius 1 is 1.13 bits per heavy atom. The molecule has 4 rings (SSSR count). The number of carbonyl (C=O) groups is 2. The fourth-order valence-electron chi connectivity index (χ4n) is 2.92.